The molecule has 2 N–H and O–H groups in total. The Hall–Kier alpha value is -1.88. The molecule has 1 aromatic carbocycles. The number of ether oxygens (including phenoxy) is 1. The molecule has 1 heterocycles. The SMILES string of the molecule is O=C(OCc1ccccc1)[C@@H]1C[C@H](O)C(=O)N1. The van der Waals surface area contributed by atoms with Gasteiger partial charge < -0.3 is 15.2 Å². The first-order chi connectivity index (χ1) is 8.16. The lowest BCUT2D eigenvalue weighted by Crippen LogP contribution is -2.34. The number of nitrogens with one attached hydrogen (secondary N) is 1. The predicted octanol–water partition coefficient (Wildman–Crippen LogP) is -0.0208. The quantitative estimate of drug-likeness (QED) is 0.722. The molecule has 0 saturated carbocycles. The molecular weight excluding hydrogens is 222 g/mol. The van der Waals surface area contributed by atoms with Gasteiger partial charge >= 0.3 is 5.97 Å². The van der Waals surface area contributed by atoms with E-state index in [9.17, 15) is 14.7 Å². The number of aliphatic hydroxyl groups is 1. The first kappa shape index (κ1) is 11.6. The lowest BCUT2D eigenvalue weighted by Gasteiger charge is -2.09. The zero-order valence-electron chi connectivity index (χ0n) is 9.13. The van der Waals surface area contributed by atoms with E-state index < -0.39 is 24.0 Å². The number of benzene rings is 1. The molecule has 0 radical (unpaired) electrons. The van der Waals surface area contributed by atoms with Gasteiger partial charge in [0.25, 0.3) is 0 Å². The van der Waals surface area contributed by atoms with Crippen LogP contribution in [0.2, 0.25) is 0 Å². The Morgan fingerprint density at radius 3 is 2.71 bits per heavy atom. The predicted molar refractivity (Wildman–Crippen MR) is 58.8 cm³/mol. The van der Waals surface area contributed by atoms with E-state index in [1.807, 2.05) is 30.3 Å². The van der Waals surface area contributed by atoms with Gasteiger partial charge in [-0.25, -0.2) is 4.79 Å². The van der Waals surface area contributed by atoms with Crippen LogP contribution in [0.15, 0.2) is 30.3 Å². The largest absolute Gasteiger partial charge is 0.459 e. The summed E-state index contributed by atoms with van der Waals surface area (Å²) in [6.45, 7) is 0.169. The molecule has 17 heavy (non-hydrogen) atoms. The summed E-state index contributed by atoms with van der Waals surface area (Å²) >= 11 is 0. The van der Waals surface area contributed by atoms with Crippen LogP contribution in [0.3, 0.4) is 0 Å². The van der Waals surface area contributed by atoms with Crippen LogP contribution in [0.1, 0.15) is 12.0 Å². The molecule has 1 aliphatic heterocycles. The van der Waals surface area contributed by atoms with E-state index in [1.165, 1.54) is 0 Å². The Morgan fingerprint density at radius 2 is 2.12 bits per heavy atom. The summed E-state index contributed by atoms with van der Waals surface area (Å²) < 4.78 is 5.04. The highest BCUT2D eigenvalue weighted by Crippen LogP contribution is 2.10. The van der Waals surface area contributed by atoms with E-state index in [-0.39, 0.29) is 13.0 Å². The zero-order chi connectivity index (χ0) is 12.3. The molecule has 1 saturated heterocycles. The van der Waals surface area contributed by atoms with Gasteiger partial charge in [-0.1, -0.05) is 30.3 Å². The number of hydrogen-bond donors (Lipinski definition) is 2. The van der Waals surface area contributed by atoms with E-state index in [4.69, 9.17) is 4.74 Å². The maximum Gasteiger partial charge on any atom is 0.329 e. The minimum atomic E-state index is -1.11. The summed E-state index contributed by atoms with van der Waals surface area (Å²) in [6, 6.07) is 8.53. The fraction of sp³-hybridized carbons (Fsp3) is 0.333. The van der Waals surface area contributed by atoms with Gasteiger partial charge in [0.15, 0.2) is 0 Å². The van der Waals surface area contributed by atoms with Gasteiger partial charge in [0, 0.05) is 6.42 Å². The Bertz CT molecular complexity index is 418. The van der Waals surface area contributed by atoms with E-state index in [0.29, 0.717) is 0 Å². The molecule has 0 bridgehead atoms. The average Bonchev–Trinajstić information content (AvgIpc) is 2.68. The standard InChI is InChI=1S/C12H13NO4/c14-10-6-9(13-11(10)15)12(16)17-7-8-4-2-1-3-5-8/h1-5,9-10,14H,6-7H2,(H,13,15)/t9-,10-/m0/s1. The average molecular weight is 235 g/mol. The van der Waals surface area contributed by atoms with Gasteiger partial charge in [-0.05, 0) is 5.56 Å². The van der Waals surface area contributed by atoms with Crippen molar-refractivity contribution in [2.24, 2.45) is 0 Å². The highest BCUT2D eigenvalue weighted by Gasteiger charge is 2.35. The van der Waals surface area contributed by atoms with Gasteiger partial charge in [0.2, 0.25) is 5.91 Å². The van der Waals surface area contributed by atoms with Crippen molar-refractivity contribution in [2.45, 2.75) is 25.2 Å². The number of amides is 1. The summed E-state index contributed by atoms with van der Waals surface area (Å²) in [5.74, 6) is -1.04. The van der Waals surface area contributed by atoms with Gasteiger partial charge in [-0.3, -0.25) is 4.79 Å². The molecule has 5 heteroatoms. The summed E-state index contributed by atoms with van der Waals surface area (Å²) in [5, 5.41) is 11.6. The van der Waals surface area contributed by atoms with Crippen molar-refractivity contribution < 1.29 is 19.4 Å². The molecular formula is C12H13NO4. The molecule has 0 aromatic heterocycles. The topological polar surface area (TPSA) is 75.6 Å². The molecule has 1 aromatic rings. The zero-order valence-corrected chi connectivity index (χ0v) is 9.13. The van der Waals surface area contributed by atoms with Crippen LogP contribution in [0.4, 0.5) is 0 Å². The van der Waals surface area contributed by atoms with E-state index in [2.05, 4.69) is 5.32 Å². The van der Waals surface area contributed by atoms with Crippen molar-refractivity contribution >= 4 is 11.9 Å². The maximum absolute atomic E-state index is 11.6. The van der Waals surface area contributed by atoms with Crippen LogP contribution >= 0.6 is 0 Å². The minimum absolute atomic E-state index is 0.0758. The summed E-state index contributed by atoms with van der Waals surface area (Å²) in [4.78, 5) is 22.6. The number of carbonyl (C=O) groups excluding carboxylic acids is 2. The van der Waals surface area contributed by atoms with Crippen LogP contribution < -0.4 is 5.32 Å². The molecule has 2 atom stereocenters. The van der Waals surface area contributed by atoms with Gasteiger partial charge in [0.05, 0.1) is 0 Å². The van der Waals surface area contributed by atoms with Crippen molar-refractivity contribution in [3.05, 3.63) is 35.9 Å². The number of rotatable bonds is 3. The van der Waals surface area contributed by atoms with E-state index in [0.717, 1.165) is 5.56 Å². The Labute approximate surface area is 98.4 Å². The fourth-order valence-electron chi connectivity index (χ4n) is 1.64. The molecule has 1 amide bonds. The van der Waals surface area contributed by atoms with E-state index >= 15 is 0 Å². The normalized spacial score (nSPS) is 23.2. The lowest BCUT2D eigenvalue weighted by atomic mass is 10.2. The third-order valence-electron chi connectivity index (χ3n) is 2.59. The summed E-state index contributed by atoms with van der Waals surface area (Å²) in [7, 11) is 0. The Kier molecular flexibility index (Phi) is 3.39. The molecule has 0 aliphatic carbocycles. The van der Waals surface area contributed by atoms with Gasteiger partial charge in [-0.2, -0.15) is 0 Å². The monoisotopic (exact) mass is 235 g/mol. The first-order valence-corrected chi connectivity index (χ1v) is 5.36. The molecule has 0 spiro atoms. The second kappa shape index (κ2) is 4.97. The van der Waals surface area contributed by atoms with Crippen LogP contribution in [0.5, 0.6) is 0 Å². The van der Waals surface area contributed by atoms with Crippen LogP contribution in [-0.4, -0.2) is 29.1 Å². The molecule has 90 valence electrons. The molecule has 5 nitrogen and oxygen atoms in total. The Morgan fingerprint density at radius 1 is 1.41 bits per heavy atom. The van der Waals surface area contributed by atoms with Crippen molar-refractivity contribution in [3.8, 4) is 0 Å². The highest BCUT2D eigenvalue weighted by atomic mass is 16.5. The van der Waals surface area contributed by atoms with Crippen molar-refractivity contribution in [1.29, 1.82) is 0 Å². The number of esters is 1. The second-order valence-electron chi connectivity index (χ2n) is 3.91. The van der Waals surface area contributed by atoms with Crippen molar-refractivity contribution in [3.63, 3.8) is 0 Å². The highest BCUT2D eigenvalue weighted by molar-refractivity contribution is 5.90. The molecule has 0 unspecified atom stereocenters. The Balaban J connectivity index is 1.84. The van der Waals surface area contributed by atoms with Crippen LogP contribution in [0.25, 0.3) is 0 Å². The third-order valence-corrected chi connectivity index (χ3v) is 2.59. The van der Waals surface area contributed by atoms with E-state index in [1.54, 1.807) is 0 Å². The second-order valence-corrected chi connectivity index (χ2v) is 3.91. The number of carbonyl (C=O) groups is 2. The maximum atomic E-state index is 11.6. The van der Waals surface area contributed by atoms with Gasteiger partial charge in [0.1, 0.15) is 18.8 Å². The van der Waals surface area contributed by atoms with Crippen LogP contribution in [-0.2, 0) is 20.9 Å². The number of aliphatic hydroxyl groups excluding tert-OH is 1. The smallest absolute Gasteiger partial charge is 0.329 e. The lowest BCUT2D eigenvalue weighted by molar-refractivity contribution is -0.147. The summed E-state index contributed by atoms with van der Waals surface area (Å²) in [5.41, 5.74) is 0.880. The third kappa shape index (κ3) is 2.82. The van der Waals surface area contributed by atoms with Gasteiger partial charge in [-0.15, -0.1) is 0 Å². The number of hydrogen-bond acceptors (Lipinski definition) is 4. The van der Waals surface area contributed by atoms with Crippen molar-refractivity contribution in [1.82, 2.24) is 5.32 Å². The first-order valence-electron chi connectivity index (χ1n) is 5.36. The molecule has 1 fully saturated rings. The molecule has 1 aliphatic rings. The van der Waals surface area contributed by atoms with Crippen molar-refractivity contribution in [2.75, 3.05) is 0 Å². The van der Waals surface area contributed by atoms with Crippen LogP contribution in [0, 0.1) is 0 Å². The fourth-order valence-corrected chi connectivity index (χ4v) is 1.64. The molecule has 2 rings (SSSR count). The minimum Gasteiger partial charge on any atom is -0.459 e. The summed E-state index contributed by atoms with van der Waals surface area (Å²) in [6.07, 6.45) is -1.03.